The van der Waals surface area contributed by atoms with E-state index in [1.807, 2.05) is 36.4 Å². The number of rotatable bonds is 5. The Hall–Kier alpha value is -4.01. The first-order valence-corrected chi connectivity index (χ1v) is 9.23. The number of carbonyl (C=O) groups is 1. The second-order valence-electron chi connectivity index (χ2n) is 6.79. The van der Waals surface area contributed by atoms with Crippen LogP contribution in [0, 0.1) is 0 Å². The van der Waals surface area contributed by atoms with Gasteiger partial charge in [-0.1, -0.05) is 36.4 Å². The van der Waals surface area contributed by atoms with Gasteiger partial charge in [0, 0.05) is 20.3 Å². The Balaban J connectivity index is 1.67. The van der Waals surface area contributed by atoms with Crippen LogP contribution in [0.1, 0.15) is 17.4 Å². The first kappa shape index (κ1) is 19.3. The van der Waals surface area contributed by atoms with Crippen molar-refractivity contribution in [1.82, 2.24) is 23.7 Å². The zero-order valence-electron chi connectivity index (χ0n) is 16.4. The lowest BCUT2D eigenvalue weighted by atomic mass is 10.1. The van der Waals surface area contributed by atoms with E-state index in [4.69, 9.17) is 4.74 Å². The van der Waals surface area contributed by atoms with Crippen molar-refractivity contribution in [3.05, 3.63) is 93.2 Å². The molecule has 0 bridgehead atoms. The SMILES string of the molecule is Cn1c(=O)c2c(ncn2CC(=O)OC(c2ccccc2)c2ccccn2)n(C)c1=O. The minimum Gasteiger partial charge on any atom is -0.450 e. The summed E-state index contributed by atoms with van der Waals surface area (Å²) in [5, 5.41) is 0. The number of aromatic nitrogens is 5. The second kappa shape index (κ2) is 7.78. The van der Waals surface area contributed by atoms with E-state index < -0.39 is 23.3 Å². The van der Waals surface area contributed by atoms with Crippen LogP contribution in [0.25, 0.3) is 11.2 Å². The highest BCUT2D eigenvalue weighted by molar-refractivity contribution is 5.75. The van der Waals surface area contributed by atoms with Crippen molar-refractivity contribution in [2.24, 2.45) is 14.1 Å². The summed E-state index contributed by atoms with van der Waals surface area (Å²) < 4.78 is 9.37. The topological polar surface area (TPSA) is 101 Å². The largest absolute Gasteiger partial charge is 0.450 e. The maximum Gasteiger partial charge on any atom is 0.332 e. The van der Waals surface area contributed by atoms with Gasteiger partial charge in [0.2, 0.25) is 0 Å². The fourth-order valence-corrected chi connectivity index (χ4v) is 3.28. The number of benzene rings is 1. The molecule has 1 atom stereocenters. The molecule has 4 aromatic rings. The average molecular weight is 405 g/mol. The van der Waals surface area contributed by atoms with Gasteiger partial charge in [-0.2, -0.15) is 0 Å². The number of hydrogen-bond donors (Lipinski definition) is 0. The molecule has 0 fully saturated rings. The third-order valence-corrected chi connectivity index (χ3v) is 4.82. The van der Waals surface area contributed by atoms with Crippen LogP contribution in [0.15, 0.2) is 70.6 Å². The van der Waals surface area contributed by atoms with E-state index in [1.165, 1.54) is 29.6 Å². The molecule has 0 aliphatic rings. The molecule has 3 aromatic heterocycles. The molecule has 4 rings (SSSR count). The predicted molar refractivity (Wildman–Crippen MR) is 109 cm³/mol. The van der Waals surface area contributed by atoms with Crippen LogP contribution in [0.4, 0.5) is 0 Å². The van der Waals surface area contributed by atoms with Crippen LogP contribution in [-0.4, -0.2) is 29.6 Å². The minimum atomic E-state index is -0.693. The predicted octanol–water partition coefficient (Wildman–Crippen LogP) is 1.16. The number of esters is 1. The maximum atomic E-state index is 12.8. The zero-order chi connectivity index (χ0) is 21.3. The van der Waals surface area contributed by atoms with E-state index in [0.29, 0.717) is 5.69 Å². The summed E-state index contributed by atoms with van der Waals surface area (Å²) in [6, 6.07) is 14.7. The molecule has 0 spiro atoms. The summed E-state index contributed by atoms with van der Waals surface area (Å²) in [6.45, 7) is -0.236. The van der Waals surface area contributed by atoms with Gasteiger partial charge in [0.1, 0.15) is 6.54 Å². The van der Waals surface area contributed by atoms with Crippen LogP contribution in [-0.2, 0) is 30.2 Å². The molecule has 0 radical (unpaired) electrons. The van der Waals surface area contributed by atoms with Crippen LogP contribution >= 0.6 is 0 Å². The van der Waals surface area contributed by atoms with Crippen molar-refractivity contribution >= 4 is 17.1 Å². The molecule has 1 aromatic carbocycles. The smallest absolute Gasteiger partial charge is 0.332 e. The van der Waals surface area contributed by atoms with Gasteiger partial charge < -0.3 is 9.30 Å². The van der Waals surface area contributed by atoms with Crippen LogP contribution in [0.2, 0.25) is 0 Å². The molecule has 0 N–H and O–H groups in total. The van der Waals surface area contributed by atoms with Gasteiger partial charge in [0.15, 0.2) is 17.3 Å². The summed E-state index contributed by atoms with van der Waals surface area (Å²) in [4.78, 5) is 45.8. The lowest BCUT2D eigenvalue weighted by molar-refractivity contribution is -0.148. The van der Waals surface area contributed by atoms with Gasteiger partial charge >= 0.3 is 11.7 Å². The molecule has 1 unspecified atom stereocenters. The van der Waals surface area contributed by atoms with Crippen LogP contribution in [0.5, 0.6) is 0 Å². The summed E-state index contributed by atoms with van der Waals surface area (Å²) in [5.74, 6) is -0.565. The van der Waals surface area contributed by atoms with Gasteiger partial charge in [0.05, 0.1) is 12.0 Å². The molecule has 9 heteroatoms. The molecule has 3 heterocycles. The molecule has 30 heavy (non-hydrogen) atoms. The number of imidazole rings is 1. The van der Waals surface area contributed by atoms with Crippen LogP contribution in [0.3, 0.4) is 0 Å². The second-order valence-corrected chi connectivity index (χ2v) is 6.79. The maximum absolute atomic E-state index is 12.8. The van der Waals surface area contributed by atoms with Crippen molar-refractivity contribution in [2.75, 3.05) is 0 Å². The molecular weight excluding hydrogens is 386 g/mol. The highest BCUT2D eigenvalue weighted by atomic mass is 16.5. The van der Waals surface area contributed by atoms with E-state index in [9.17, 15) is 14.4 Å². The van der Waals surface area contributed by atoms with Crippen LogP contribution < -0.4 is 11.2 Å². The highest BCUT2D eigenvalue weighted by Gasteiger charge is 2.22. The fourth-order valence-electron chi connectivity index (χ4n) is 3.28. The fraction of sp³-hybridized carbons (Fsp3) is 0.190. The number of fused-ring (bicyclic) bond motifs is 1. The van der Waals surface area contributed by atoms with Gasteiger partial charge in [0.25, 0.3) is 5.56 Å². The number of carbonyl (C=O) groups excluding carboxylic acids is 1. The first-order chi connectivity index (χ1) is 14.5. The Bertz CT molecular complexity index is 1280. The van der Waals surface area contributed by atoms with E-state index in [-0.39, 0.29) is 17.7 Å². The zero-order valence-corrected chi connectivity index (χ0v) is 16.4. The summed E-state index contributed by atoms with van der Waals surface area (Å²) in [7, 11) is 2.90. The van der Waals surface area contributed by atoms with E-state index in [1.54, 1.807) is 18.3 Å². The number of nitrogens with zero attached hydrogens (tertiary/aromatic N) is 5. The van der Waals surface area contributed by atoms with Crippen molar-refractivity contribution in [3.8, 4) is 0 Å². The Kier molecular flexibility index (Phi) is 5.01. The van der Waals surface area contributed by atoms with Gasteiger partial charge in [-0.05, 0) is 17.7 Å². The third kappa shape index (κ3) is 3.41. The van der Waals surface area contributed by atoms with Gasteiger partial charge in [-0.3, -0.25) is 23.7 Å². The Morgan fingerprint density at radius 3 is 2.43 bits per heavy atom. The van der Waals surface area contributed by atoms with Crippen molar-refractivity contribution in [1.29, 1.82) is 0 Å². The van der Waals surface area contributed by atoms with E-state index in [0.717, 1.165) is 10.1 Å². The monoisotopic (exact) mass is 405 g/mol. The Morgan fingerprint density at radius 1 is 1.00 bits per heavy atom. The number of hydrogen-bond acceptors (Lipinski definition) is 6. The number of aryl methyl sites for hydroxylation is 1. The normalized spacial score (nSPS) is 12.1. The first-order valence-electron chi connectivity index (χ1n) is 9.23. The average Bonchev–Trinajstić information content (AvgIpc) is 3.19. The molecule has 0 saturated carbocycles. The standard InChI is InChI=1S/C21H19N5O4/c1-24-19-17(20(28)25(2)21(24)29)26(13-23-19)12-16(27)30-18(14-8-4-3-5-9-14)15-10-6-7-11-22-15/h3-11,13,18H,12H2,1-2H3. The quantitative estimate of drug-likeness (QED) is 0.462. The molecular formula is C21H19N5O4. The highest BCUT2D eigenvalue weighted by Crippen LogP contribution is 2.24. The lowest BCUT2D eigenvalue weighted by Crippen LogP contribution is -2.37. The number of pyridine rings is 1. The summed E-state index contributed by atoms with van der Waals surface area (Å²) in [6.07, 6.45) is 2.29. The molecule has 0 saturated heterocycles. The van der Waals surface area contributed by atoms with Gasteiger partial charge in [-0.25, -0.2) is 9.78 Å². The molecule has 9 nitrogen and oxygen atoms in total. The lowest BCUT2D eigenvalue weighted by Gasteiger charge is -2.18. The summed E-state index contributed by atoms with van der Waals surface area (Å²) >= 11 is 0. The molecule has 0 amide bonds. The number of ether oxygens (including phenoxy) is 1. The van der Waals surface area contributed by atoms with Gasteiger partial charge in [-0.15, -0.1) is 0 Å². The summed E-state index contributed by atoms with van der Waals surface area (Å²) in [5.41, 5.74) is 0.720. The molecule has 152 valence electrons. The third-order valence-electron chi connectivity index (χ3n) is 4.82. The molecule has 0 aliphatic carbocycles. The van der Waals surface area contributed by atoms with Crippen molar-refractivity contribution < 1.29 is 9.53 Å². The van der Waals surface area contributed by atoms with E-state index in [2.05, 4.69) is 9.97 Å². The van der Waals surface area contributed by atoms with E-state index >= 15 is 0 Å². The molecule has 0 aliphatic heterocycles. The Morgan fingerprint density at radius 2 is 1.73 bits per heavy atom. The van der Waals surface area contributed by atoms with Crippen molar-refractivity contribution in [2.45, 2.75) is 12.6 Å². The van der Waals surface area contributed by atoms with Crippen molar-refractivity contribution in [3.63, 3.8) is 0 Å². The Labute approximate surface area is 170 Å². The minimum absolute atomic E-state index is 0.158.